The number of rotatable bonds is 4. The third-order valence-electron chi connectivity index (χ3n) is 4.27. The standard InChI is InChI=1S/C14H23FN4/c1-10(2)8-19-13(16-9-17-19)7-14(15)5-11-3-4-12(6-14)18-11/h9-12,18H,3-8H2,1-2H3. The lowest BCUT2D eigenvalue weighted by atomic mass is 9.86. The molecule has 5 heteroatoms. The van der Waals surface area contributed by atoms with Gasteiger partial charge in [-0.2, -0.15) is 5.10 Å². The maximum Gasteiger partial charge on any atom is 0.138 e. The van der Waals surface area contributed by atoms with Gasteiger partial charge in [-0.3, -0.25) is 0 Å². The molecule has 19 heavy (non-hydrogen) atoms. The van der Waals surface area contributed by atoms with Gasteiger partial charge in [0.05, 0.1) is 0 Å². The molecule has 106 valence electrons. The van der Waals surface area contributed by atoms with E-state index in [1.807, 2.05) is 4.68 Å². The Morgan fingerprint density at radius 2 is 2.11 bits per heavy atom. The molecule has 0 aromatic carbocycles. The quantitative estimate of drug-likeness (QED) is 0.907. The van der Waals surface area contributed by atoms with Crippen LogP contribution in [0.4, 0.5) is 4.39 Å². The maximum atomic E-state index is 15.1. The Balaban J connectivity index is 1.72. The number of piperidine rings is 1. The van der Waals surface area contributed by atoms with E-state index in [9.17, 15) is 0 Å². The van der Waals surface area contributed by atoms with Gasteiger partial charge in [0, 0.05) is 25.0 Å². The second-order valence-electron chi connectivity index (χ2n) is 6.63. The highest BCUT2D eigenvalue weighted by Crippen LogP contribution is 2.38. The molecule has 3 rings (SSSR count). The summed E-state index contributed by atoms with van der Waals surface area (Å²) in [5.41, 5.74) is -1.10. The first-order valence-corrected chi connectivity index (χ1v) is 7.36. The Morgan fingerprint density at radius 1 is 1.42 bits per heavy atom. The fourth-order valence-electron chi connectivity index (χ4n) is 3.54. The smallest absolute Gasteiger partial charge is 0.138 e. The number of nitrogens with zero attached hydrogens (tertiary/aromatic N) is 3. The SMILES string of the molecule is CC(C)Cn1ncnc1CC1(F)CC2CCC(C1)N2. The Kier molecular flexibility index (Phi) is 3.33. The molecule has 2 unspecified atom stereocenters. The highest BCUT2D eigenvalue weighted by Gasteiger charge is 2.44. The topological polar surface area (TPSA) is 42.7 Å². The molecule has 2 bridgehead atoms. The Labute approximate surface area is 113 Å². The molecule has 2 fully saturated rings. The first-order chi connectivity index (χ1) is 9.04. The highest BCUT2D eigenvalue weighted by atomic mass is 19.1. The first-order valence-electron chi connectivity index (χ1n) is 7.36. The van der Waals surface area contributed by atoms with Crippen LogP contribution in [0.1, 0.15) is 45.4 Å². The van der Waals surface area contributed by atoms with E-state index in [1.165, 1.54) is 0 Å². The Bertz CT molecular complexity index is 430. The average molecular weight is 266 g/mol. The van der Waals surface area contributed by atoms with Crippen molar-refractivity contribution in [1.82, 2.24) is 20.1 Å². The van der Waals surface area contributed by atoms with Crippen LogP contribution in [0.25, 0.3) is 0 Å². The molecule has 2 atom stereocenters. The summed E-state index contributed by atoms with van der Waals surface area (Å²) >= 11 is 0. The number of nitrogens with one attached hydrogen (secondary N) is 1. The molecule has 2 saturated heterocycles. The summed E-state index contributed by atoms with van der Waals surface area (Å²) in [4.78, 5) is 4.27. The van der Waals surface area contributed by atoms with Crippen LogP contribution in [-0.2, 0) is 13.0 Å². The zero-order valence-corrected chi connectivity index (χ0v) is 11.8. The van der Waals surface area contributed by atoms with E-state index in [1.54, 1.807) is 6.33 Å². The number of alkyl halides is 1. The number of halogens is 1. The van der Waals surface area contributed by atoms with Gasteiger partial charge in [-0.25, -0.2) is 14.1 Å². The molecule has 4 nitrogen and oxygen atoms in total. The Hall–Kier alpha value is -0.970. The van der Waals surface area contributed by atoms with Crippen molar-refractivity contribution in [3.05, 3.63) is 12.2 Å². The molecule has 0 spiro atoms. The predicted octanol–water partition coefficient (Wildman–Crippen LogP) is 2.10. The van der Waals surface area contributed by atoms with Crippen molar-refractivity contribution in [3.63, 3.8) is 0 Å². The zero-order chi connectivity index (χ0) is 13.5. The van der Waals surface area contributed by atoms with Crippen molar-refractivity contribution in [3.8, 4) is 0 Å². The van der Waals surface area contributed by atoms with Crippen molar-refractivity contribution in [2.45, 2.75) is 70.2 Å². The van der Waals surface area contributed by atoms with E-state index >= 15 is 4.39 Å². The van der Waals surface area contributed by atoms with Gasteiger partial charge < -0.3 is 5.32 Å². The molecular weight excluding hydrogens is 243 g/mol. The second-order valence-corrected chi connectivity index (χ2v) is 6.63. The van der Waals surface area contributed by atoms with Crippen LogP contribution < -0.4 is 5.32 Å². The number of hydrogen-bond acceptors (Lipinski definition) is 3. The normalized spacial score (nSPS) is 34.1. The molecule has 1 aromatic rings. The van der Waals surface area contributed by atoms with E-state index in [4.69, 9.17) is 0 Å². The molecule has 0 saturated carbocycles. The summed E-state index contributed by atoms with van der Waals surface area (Å²) in [6, 6.07) is 0.732. The van der Waals surface area contributed by atoms with Gasteiger partial charge in [0.1, 0.15) is 17.8 Å². The molecule has 0 amide bonds. The predicted molar refractivity (Wildman–Crippen MR) is 71.6 cm³/mol. The van der Waals surface area contributed by atoms with E-state index in [2.05, 4.69) is 29.2 Å². The van der Waals surface area contributed by atoms with Gasteiger partial charge in [0.25, 0.3) is 0 Å². The van der Waals surface area contributed by atoms with E-state index in [0.29, 0.717) is 37.3 Å². The number of hydrogen-bond donors (Lipinski definition) is 1. The monoisotopic (exact) mass is 266 g/mol. The second kappa shape index (κ2) is 4.85. The van der Waals surface area contributed by atoms with Gasteiger partial charge in [0.2, 0.25) is 0 Å². The van der Waals surface area contributed by atoms with Crippen molar-refractivity contribution < 1.29 is 4.39 Å². The zero-order valence-electron chi connectivity index (χ0n) is 11.8. The van der Waals surface area contributed by atoms with Crippen LogP contribution in [0.2, 0.25) is 0 Å². The van der Waals surface area contributed by atoms with E-state index in [0.717, 1.165) is 25.2 Å². The molecule has 0 radical (unpaired) electrons. The van der Waals surface area contributed by atoms with Gasteiger partial charge in [-0.15, -0.1) is 0 Å². The maximum absolute atomic E-state index is 15.1. The van der Waals surface area contributed by atoms with Crippen LogP contribution in [-0.4, -0.2) is 32.5 Å². The molecule has 1 aromatic heterocycles. The summed E-state index contributed by atoms with van der Waals surface area (Å²) in [7, 11) is 0. The van der Waals surface area contributed by atoms with Crippen molar-refractivity contribution in [2.24, 2.45) is 5.92 Å². The fraction of sp³-hybridized carbons (Fsp3) is 0.857. The van der Waals surface area contributed by atoms with Crippen molar-refractivity contribution in [1.29, 1.82) is 0 Å². The summed E-state index contributed by atoms with van der Waals surface area (Å²) in [6.07, 6.45) is 5.45. The van der Waals surface area contributed by atoms with Crippen molar-refractivity contribution >= 4 is 0 Å². The summed E-state index contributed by atoms with van der Waals surface area (Å²) < 4.78 is 16.9. The lowest BCUT2D eigenvalue weighted by Crippen LogP contribution is -2.47. The first kappa shape index (κ1) is 13.0. The van der Waals surface area contributed by atoms with E-state index in [-0.39, 0.29) is 0 Å². The highest BCUT2D eigenvalue weighted by molar-refractivity contribution is 5.05. The molecule has 1 N–H and O–H groups in total. The average Bonchev–Trinajstić information content (AvgIpc) is 2.86. The van der Waals surface area contributed by atoms with Crippen LogP contribution in [0.3, 0.4) is 0 Å². The van der Waals surface area contributed by atoms with Gasteiger partial charge in [0.15, 0.2) is 0 Å². The van der Waals surface area contributed by atoms with Crippen LogP contribution >= 0.6 is 0 Å². The largest absolute Gasteiger partial charge is 0.311 e. The van der Waals surface area contributed by atoms with Crippen LogP contribution in [0.5, 0.6) is 0 Å². The third kappa shape index (κ3) is 2.81. The van der Waals surface area contributed by atoms with Crippen LogP contribution in [0.15, 0.2) is 6.33 Å². The lowest BCUT2D eigenvalue weighted by molar-refractivity contribution is 0.0856. The Morgan fingerprint density at radius 3 is 2.74 bits per heavy atom. The third-order valence-corrected chi connectivity index (χ3v) is 4.27. The summed E-state index contributed by atoms with van der Waals surface area (Å²) in [6.45, 7) is 5.10. The van der Waals surface area contributed by atoms with E-state index < -0.39 is 5.67 Å². The minimum absolute atomic E-state index is 0.366. The molecule has 2 aliphatic heterocycles. The molecule has 3 heterocycles. The molecule has 0 aliphatic carbocycles. The number of aromatic nitrogens is 3. The summed E-state index contributed by atoms with van der Waals surface area (Å²) in [5.74, 6) is 1.30. The molecule has 2 aliphatic rings. The summed E-state index contributed by atoms with van der Waals surface area (Å²) in [5, 5.41) is 7.72. The minimum atomic E-state index is -1.10. The lowest BCUT2D eigenvalue weighted by Gasteiger charge is -2.34. The van der Waals surface area contributed by atoms with Crippen molar-refractivity contribution in [2.75, 3.05) is 0 Å². The van der Waals surface area contributed by atoms with Crippen LogP contribution in [0, 0.1) is 5.92 Å². The molecular formula is C14H23FN4. The fourth-order valence-corrected chi connectivity index (χ4v) is 3.54. The number of fused-ring (bicyclic) bond motifs is 2. The van der Waals surface area contributed by atoms with Gasteiger partial charge >= 0.3 is 0 Å². The minimum Gasteiger partial charge on any atom is -0.311 e. The van der Waals surface area contributed by atoms with Gasteiger partial charge in [-0.1, -0.05) is 13.8 Å². The van der Waals surface area contributed by atoms with Gasteiger partial charge in [-0.05, 0) is 31.6 Å².